The molecule has 1 atom stereocenters. The first-order chi connectivity index (χ1) is 12.3. The van der Waals surface area contributed by atoms with Gasteiger partial charge >= 0.3 is 0 Å². The number of carbonyl (C=O) groups excluding carboxylic acids is 1. The lowest BCUT2D eigenvalue weighted by atomic mass is 9.99. The largest absolute Gasteiger partial charge is 0.360 e. The normalized spacial score (nSPS) is 18.7. The Morgan fingerprint density at radius 2 is 2.08 bits per heavy atom. The predicted octanol–water partition coefficient (Wildman–Crippen LogP) is 2.98. The quantitative estimate of drug-likeness (QED) is 0.856. The highest BCUT2D eigenvalue weighted by atomic mass is 35.5. The zero-order valence-corrected chi connectivity index (χ0v) is 16.1. The zero-order valence-electron chi connectivity index (χ0n) is 14.5. The lowest BCUT2D eigenvalue weighted by Crippen LogP contribution is -2.43. The van der Waals surface area contributed by atoms with Crippen LogP contribution in [0.2, 0.25) is 5.02 Å². The van der Waals surface area contributed by atoms with Crippen LogP contribution in [0.25, 0.3) is 0 Å². The van der Waals surface area contributed by atoms with E-state index in [-0.39, 0.29) is 23.1 Å². The minimum atomic E-state index is -3.76. The number of hydrogen-bond donors (Lipinski definition) is 1. The second-order valence-electron chi connectivity index (χ2n) is 6.32. The van der Waals surface area contributed by atoms with Gasteiger partial charge in [0.2, 0.25) is 15.9 Å². The molecule has 1 aliphatic rings. The second-order valence-corrected chi connectivity index (χ2v) is 8.61. The first-order valence-corrected chi connectivity index (χ1v) is 10.1. The summed E-state index contributed by atoms with van der Waals surface area (Å²) in [5.74, 6) is -0.433. The van der Waals surface area contributed by atoms with E-state index in [1.165, 1.54) is 4.31 Å². The highest BCUT2D eigenvalue weighted by Crippen LogP contribution is 2.29. The summed E-state index contributed by atoms with van der Waals surface area (Å²) in [6.45, 7) is 3.64. The predicted molar refractivity (Wildman–Crippen MR) is 97.5 cm³/mol. The fraction of sp³-hybridized carbons (Fsp3) is 0.412. The molecule has 1 fully saturated rings. The lowest BCUT2D eigenvalue weighted by molar-refractivity contribution is -0.120. The Bertz CT molecular complexity index is 906. The number of nitrogens with zero attached hydrogens (tertiary/aromatic N) is 2. The number of para-hydroxylation sites is 1. The summed E-state index contributed by atoms with van der Waals surface area (Å²) >= 11 is 6.07. The third kappa shape index (κ3) is 3.62. The van der Waals surface area contributed by atoms with Gasteiger partial charge in [-0.3, -0.25) is 4.79 Å². The Kier molecular flexibility index (Phi) is 5.36. The second kappa shape index (κ2) is 7.38. The summed E-state index contributed by atoms with van der Waals surface area (Å²) in [5.41, 5.74) is 0.843. The van der Waals surface area contributed by atoms with Crippen molar-refractivity contribution in [2.24, 2.45) is 5.92 Å². The van der Waals surface area contributed by atoms with Gasteiger partial charge in [0.15, 0.2) is 5.76 Å². The number of nitrogens with one attached hydrogen (secondary N) is 1. The van der Waals surface area contributed by atoms with Crippen molar-refractivity contribution in [1.29, 1.82) is 0 Å². The van der Waals surface area contributed by atoms with Crippen molar-refractivity contribution in [2.45, 2.75) is 31.6 Å². The number of rotatable bonds is 4. The number of aryl methyl sites for hydroxylation is 2. The van der Waals surface area contributed by atoms with E-state index in [1.54, 1.807) is 38.1 Å². The maximum absolute atomic E-state index is 12.9. The van der Waals surface area contributed by atoms with E-state index in [0.717, 1.165) is 0 Å². The Balaban J connectivity index is 1.77. The van der Waals surface area contributed by atoms with E-state index in [1.807, 2.05) is 0 Å². The van der Waals surface area contributed by atoms with Crippen LogP contribution in [0.4, 0.5) is 5.69 Å². The van der Waals surface area contributed by atoms with Crippen LogP contribution in [0, 0.1) is 19.8 Å². The van der Waals surface area contributed by atoms with Crippen molar-refractivity contribution in [1.82, 2.24) is 9.46 Å². The first-order valence-electron chi connectivity index (χ1n) is 8.29. The molecule has 1 aliphatic heterocycles. The number of aromatic nitrogens is 1. The molecule has 1 aromatic carbocycles. The first kappa shape index (κ1) is 18.9. The Labute approximate surface area is 157 Å². The number of benzene rings is 1. The molecule has 2 aromatic rings. The van der Waals surface area contributed by atoms with Gasteiger partial charge in [-0.05, 0) is 38.8 Å². The Morgan fingerprint density at radius 1 is 1.35 bits per heavy atom. The molecular weight excluding hydrogens is 378 g/mol. The molecular formula is C17H20ClN3O4S. The van der Waals surface area contributed by atoms with Gasteiger partial charge in [0, 0.05) is 13.1 Å². The monoisotopic (exact) mass is 397 g/mol. The van der Waals surface area contributed by atoms with E-state index >= 15 is 0 Å². The highest BCUT2D eigenvalue weighted by Gasteiger charge is 2.36. The van der Waals surface area contributed by atoms with Crippen molar-refractivity contribution in [3.63, 3.8) is 0 Å². The third-order valence-electron chi connectivity index (χ3n) is 4.45. The van der Waals surface area contributed by atoms with E-state index in [0.29, 0.717) is 35.8 Å². The van der Waals surface area contributed by atoms with Crippen LogP contribution in [0.15, 0.2) is 33.7 Å². The maximum atomic E-state index is 12.9. The zero-order chi connectivity index (χ0) is 18.9. The smallest absolute Gasteiger partial charge is 0.248 e. The van der Waals surface area contributed by atoms with E-state index in [9.17, 15) is 13.2 Å². The molecule has 3 rings (SSSR count). The fourth-order valence-corrected chi connectivity index (χ4v) is 5.14. The average molecular weight is 398 g/mol. The summed E-state index contributed by atoms with van der Waals surface area (Å²) in [4.78, 5) is 12.7. The Morgan fingerprint density at radius 3 is 2.73 bits per heavy atom. The van der Waals surface area contributed by atoms with Crippen LogP contribution < -0.4 is 5.32 Å². The van der Waals surface area contributed by atoms with Crippen LogP contribution in [0.3, 0.4) is 0 Å². The molecule has 0 saturated carbocycles. The van der Waals surface area contributed by atoms with E-state index < -0.39 is 15.9 Å². The molecule has 0 bridgehead atoms. The van der Waals surface area contributed by atoms with Gasteiger partial charge in [0.1, 0.15) is 10.6 Å². The molecule has 7 nitrogen and oxygen atoms in total. The minimum absolute atomic E-state index is 0.0876. The van der Waals surface area contributed by atoms with Crippen molar-refractivity contribution >= 4 is 33.2 Å². The molecule has 1 N–H and O–H groups in total. The number of amides is 1. The summed E-state index contributed by atoms with van der Waals surface area (Å²) in [6.07, 6.45) is 1.22. The van der Waals surface area contributed by atoms with Crippen LogP contribution in [-0.4, -0.2) is 36.9 Å². The highest BCUT2D eigenvalue weighted by molar-refractivity contribution is 7.89. The van der Waals surface area contributed by atoms with Crippen LogP contribution >= 0.6 is 11.6 Å². The molecule has 0 spiro atoms. The molecule has 1 saturated heterocycles. The summed E-state index contributed by atoms with van der Waals surface area (Å²) in [6, 6.07) is 6.95. The van der Waals surface area contributed by atoms with Crippen molar-refractivity contribution in [3.8, 4) is 0 Å². The standard InChI is InChI=1S/C17H20ClN3O4S/c1-11-16(12(2)25-20-11)26(23,24)21-9-5-6-13(10-21)17(22)19-15-8-4-3-7-14(15)18/h3-4,7-8,13H,5-6,9-10H2,1-2H3,(H,19,22). The molecule has 0 aliphatic carbocycles. The maximum Gasteiger partial charge on any atom is 0.248 e. The van der Waals surface area contributed by atoms with Crippen molar-refractivity contribution < 1.29 is 17.7 Å². The summed E-state index contributed by atoms with van der Waals surface area (Å²) in [5, 5.41) is 6.95. The number of carbonyl (C=O) groups is 1. The number of hydrogen-bond acceptors (Lipinski definition) is 5. The fourth-order valence-electron chi connectivity index (χ4n) is 3.14. The number of sulfonamides is 1. The van der Waals surface area contributed by atoms with Crippen LogP contribution in [0.5, 0.6) is 0 Å². The summed E-state index contributed by atoms with van der Waals surface area (Å²) in [7, 11) is -3.76. The van der Waals surface area contributed by atoms with Gasteiger partial charge in [-0.25, -0.2) is 8.42 Å². The van der Waals surface area contributed by atoms with Gasteiger partial charge in [-0.15, -0.1) is 0 Å². The minimum Gasteiger partial charge on any atom is -0.360 e. The topological polar surface area (TPSA) is 92.5 Å². The SMILES string of the molecule is Cc1noc(C)c1S(=O)(=O)N1CCCC(C(=O)Nc2ccccc2Cl)C1. The van der Waals surface area contributed by atoms with Crippen LogP contribution in [-0.2, 0) is 14.8 Å². The number of halogens is 1. The lowest BCUT2D eigenvalue weighted by Gasteiger charge is -2.31. The van der Waals surface area contributed by atoms with Crippen LogP contribution in [0.1, 0.15) is 24.3 Å². The molecule has 140 valence electrons. The third-order valence-corrected chi connectivity index (χ3v) is 6.89. The van der Waals surface area contributed by atoms with Gasteiger partial charge in [0.25, 0.3) is 0 Å². The molecule has 1 amide bonds. The number of piperidine rings is 1. The molecule has 9 heteroatoms. The molecule has 2 heterocycles. The van der Waals surface area contributed by atoms with Gasteiger partial charge in [-0.1, -0.05) is 28.9 Å². The van der Waals surface area contributed by atoms with Gasteiger partial charge in [-0.2, -0.15) is 4.31 Å². The number of anilines is 1. The van der Waals surface area contributed by atoms with Gasteiger partial charge in [0.05, 0.1) is 16.6 Å². The van der Waals surface area contributed by atoms with E-state index in [4.69, 9.17) is 16.1 Å². The molecule has 0 radical (unpaired) electrons. The van der Waals surface area contributed by atoms with Crippen molar-refractivity contribution in [2.75, 3.05) is 18.4 Å². The van der Waals surface area contributed by atoms with Gasteiger partial charge < -0.3 is 9.84 Å². The molecule has 1 aromatic heterocycles. The Hall–Kier alpha value is -1.90. The van der Waals surface area contributed by atoms with Crippen molar-refractivity contribution in [3.05, 3.63) is 40.7 Å². The molecule has 1 unspecified atom stereocenters. The average Bonchev–Trinajstić information content (AvgIpc) is 2.96. The summed E-state index contributed by atoms with van der Waals surface area (Å²) < 4.78 is 32.2. The van der Waals surface area contributed by atoms with E-state index in [2.05, 4.69) is 10.5 Å². The molecule has 26 heavy (non-hydrogen) atoms.